The molecule has 0 saturated carbocycles. The minimum Gasteiger partial charge on any atom is -0.454 e. The van der Waals surface area contributed by atoms with Crippen molar-refractivity contribution in [3.63, 3.8) is 0 Å². The van der Waals surface area contributed by atoms with E-state index in [0.29, 0.717) is 49.7 Å². The van der Waals surface area contributed by atoms with E-state index in [-0.39, 0.29) is 12.7 Å². The molecule has 33 heavy (non-hydrogen) atoms. The van der Waals surface area contributed by atoms with Crippen LogP contribution >= 0.6 is 0 Å². The molecule has 0 bridgehead atoms. The number of carbonyl (C=O) groups excluding carboxylic acids is 1. The third-order valence-corrected chi connectivity index (χ3v) is 9.36. The van der Waals surface area contributed by atoms with Gasteiger partial charge in [0.15, 0.2) is 11.5 Å². The highest BCUT2D eigenvalue weighted by Gasteiger charge is 2.33. The van der Waals surface area contributed by atoms with Crippen LogP contribution in [0.4, 0.5) is 0 Å². The molecule has 2 aliphatic rings. The van der Waals surface area contributed by atoms with E-state index < -0.39 is 10.0 Å². The van der Waals surface area contributed by atoms with Gasteiger partial charge in [-0.15, -0.1) is 0 Å². The molecule has 1 fully saturated rings. The van der Waals surface area contributed by atoms with Crippen LogP contribution in [0.15, 0.2) is 23.1 Å². The van der Waals surface area contributed by atoms with E-state index in [4.69, 9.17) is 9.47 Å². The summed E-state index contributed by atoms with van der Waals surface area (Å²) in [7, 11) is -3.63. The molecule has 0 unspecified atom stereocenters. The number of aryl methyl sites for hydroxylation is 1. The van der Waals surface area contributed by atoms with Crippen LogP contribution < -0.4 is 9.47 Å². The summed E-state index contributed by atoms with van der Waals surface area (Å²) in [5.74, 6) is 1.48. The molecular weight excluding hydrogens is 440 g/mol. The van der Waals surface area contributed by atoms with Crippen molar-refractivity contribution < 1.29 is 22.7 Å². The molecule has 8 heteroatoms. The van der Waals surface area contributed by atoms with Crippen molar-refractivity contribution in [3.8, 4) is 11.5 Å². The van der Waals surface area contributed by atoms with E-state index in [1.54, 1.807) is 4.90 Å². The number of benzene rings is 2. The second kappa shape index (κ2) is 8.99. The Hall–Kier alpha value is -2.58. The number of piperazine rings is 1. The number of ether oxygens (including phenoxy) is 2. The number of carbonyl (C=O) groups is 1. The Morgan fingerprint density at radius 2 is 1.42 bits per heavy atom. The van der Waals surface area contributed by atoms with Gasteiger partial charge in [0, 0.05) is 32.6 Å². The quantitative estimate of drug-likeness (QED) is 0.667. The van der Waals surface area contributed by atoms with Crippen molar-refractivity contribution in [1.82, 2.24) is 9.21 Å². The molecular formula is C25H32N2O5S. The fraction of sp³-hybridized carbons (Fsp3) is 0.480. The molecule has 2 aromatic rings. The number of fused-ring (bicyclic) bond motifs is 1. The first-order valence-electron chi connectivity index (χ1n) is 11.3. The van der Waals surface area contributed by atoms with Crippen molar-refractivity contribution in [1.29, 1.82) is 0 Å². The van der Waals surface area contributed by atoms with Gasteiger partial charge >= 0.3 is 0 Å². The standard InChI is InChI=1S/C25H32N2O5S/c1-16-17(2)19(4)25(20(5)18(16)3)33(29,30)27-12-10-26(11-13-27)24(28)9-7-21-6-8-22-23(14-21)32-15-31-22/h6,8,14H,7,9-13,15H2,1-5H3. The lowest BCUT2D eigenvalue weighted by molar-refractivity contribution is -0.132. The fourth-order valence-electron chi connectivity index (χ4n) is 4.67. The van der Waals surface area contributed by atoms with Crippen molar-refractivity contribution >= 4 is 15.9 Å². The van der Waals surface area contributed by atoms with Crippen LogP contribution in [0.3, 0.4) is 0 Å². The lowest BCUT2D eigenvalue weighted by atomic mass is 9.95. The van der Waals surface area contributed by atoms with E-state index >= 15 is 0 Å². The van der Waals surface area contributed by atoms with E-state index in [1.807, 2.05) is 52.8 Å². The summed E-state index contributed by atoms with van der Waals surface area (Å²) in [6, 6.07) is 5.72. The van der Waals surface area contributed by atoms with Gasteiger partial charge in [-0.3, -0.25) is 4.79 Å². The van der Waals surface area contributed by atoms with Crippen LogP contribution in [0.5, 0.6) is 11.5 Å². The second-order valence-electron chi connectivity index (χ2n) is 8.93. The molecule has 2 aromatic carbocycles. The lowest BCUT2D eigenvalue weighted by Crippen LogP contribution is -2.50. The van der Waals surface area contributed by atoms with Gasteiger partial charge in [-0.2, -0.15) is 4.31 Å². The number of hydrogen-bond acceptors (Lipinski definition) is 5. The molecule has 0 aromatic heterocycles. The molecule has 4 rings (SSSR count). The molecule has 178 valence electrons. The fourth-order valence-corrected chi connectivity index (χ4v) is 6.65. The van der Waals surface area contributed by atoms with Gasteiger partial charge in [0.2, 0.25) is 22.7 Å². The smallest absolute Gasteiger partial charge is 0.243 e. The van der Waals surface area contributed by atoms with Crippen LogP contribution in [0.1, 0.15) is 39.8 Å². The zero-order valence-corrected chi connectivity index (χ0v) is 20.8. The summed E-state index contributed by atoms with van der Waals surface area (Å²) in [5.41, 5.74) is 5.84. The Bertz CT molecular complexity index is 1170. The average molecular weight is 473 g/mol. The van der Waals surface area contributed by atoms with E-state index in [2.05, 4.69) is 0 Å². The Kier molecular flexibility index (Phi) is 6.42. The highest BCUT2D eigenvalue weighted by Crippen LogP contribution is 2.33. The summed E-state index contributed by atoms with van der Waals surface area (Å²) >= 11 is 0. The van der Waals surface area contributed by atoms with Crippen molar-refractivity contribution in [2.75, 3.05) is 33.0 Å². The molecule has 0 atom stereocenters. The summed E-state index contributed by atoms with van der Waals surface area (Å²) in [5, 5.41) is 0. The topological polar surface area (TPSA) is 76.2 Å². The Morgan fingerprint density at radius 3 is 2.06 bits per heavy atom. The minimum absolute atomic E-state index is 0.0408. The summed E-state index contributed by atoms with van der Waals surface area (Å²) in [6.45, 7) is 11.4. The number of sulfonamides is 1. The third-order valence-electron chi connectivity index (χ3n) is 7.18. The molecule has 0 aliphatic carbocycles. The largest absolute Gasteiger partial charge is 0.454 e. The first-order chi connectivity index (χ1) is 15.6. The number of rotatable bonds is 5. The molecule has 0 radical (unpaired) electrons. The molecule has 1 amide bonds. The zero-order valence-electron chi connectivity index (χ0n) is 20.0. The molecule has 2 aliphatic heterocycles. The minimum atomic E-state index is -3.63. The van der Waals surface area contributed by atoms with Crippen molar-refractivity contribution in [2.45, 2.75) is 52.4 Å². The van der Waals surface area contributed by atoms with Crippen molar-refractivity contribution in [3.05, 3.63) is 51.6 Å². The highest BCUT2D eigenvalue weighted by molar-refractivity contribution is 7.89. The first-order valence-corrected chi connectivity index (χ1v) is 12.8. The SMILES string of the molecule is Cc1c(C)c(C)c(S(=O)(=O)N2CCN(C(=O)CCc3ccc4c(c3)OCO4)CC2)c(C)c1C. The predicted octanol–water partition coefficient (Wildman–Crippen LogP) is 3.42. The van der Waals surface area contributed by atoms with Crippen LogP contribution in [0.2, 0.25) is 0 Å². The van der Waals surface area contributed by atoms with Gasteiger partial charge in [0.1, 0.15) is 0 Å². The molecule has 0 N–H and O–H groups in total. The van der Waals surface area contributed by atoms with E-state index in [0.717, 1.165) is 39.1 Å². The van der Waals surface area contributed by atoms with Gasteiger partial charge < -0.3 is 14.4 Å². The van der Waals surface area contributed by atoms with Gasteiger partial charge in [0.25, 0.3) is 0 Å². The second-order valence-corrected chi connectivity index (χ2v) is 10.8. The monoisotopic (exact) mass is 472 g/mol. The number of hydrogen-bond donors (Lipinski definition) is 0. The first kappa shape index (κ1) is 23.6. The number of nitrogens with zero attached hydrogens (tertiary/aromatic N) is 2. The van der Waals surface area contributed by atoms with Crippen LogP contribution in [0.25, 0.3) is 0 Å². The van der Waals surface area contributed by atoms with Crippen LogP contribution in [-0.2, 0) is 21.2 Å². The maximum Gasteiger partial charge on any atom is 0.243 e. The zero-order chi connectivity index (χ0) is 23.9. The van der Waals surface area contributed by atoms with Gasteiger partial charge in [0.05, 0.1) is 4.90 Å². The Morgan fingerprint density at radius 1 is 0.848 bits per heavy atom. The average Bonchev–Trinajstić information content (AvgIpc) is 3.28. The van der Waals surface area contributed by atoms with E-state index in [9.17, 15) is 13.2 Å². The third kappa shape index (κ3) is 4.34. The van der Waals surface area contributed by atoms with Gasteiger partial charge in [-0.1, -0.05) is 6.07 Å². The van der Waals surface area contributed by atoms with Crippen molar-refractivity contribution in [2.24, 2.45) is 0 Å². The molecule has 0 spiro atoms. The Labute approximate surface area is 196 Å². The summed E-state index contributed by atoms with van der Waals surface area (Å²) < 4.78 is 39.3. The van der Waals surface area contributed by atoms with Crippen LogP contribution in [0, 0.1) is 34.6 Å². The van der Waals surface area contributed by atoms with E-state index in [1.165, 1.54) is 4.31 Å². The summed E-state index contributed by atoms with van der Waals surface area (Å²) in [6.07, 6.45) is 0.981. The highest BCUT2D eigenvalue weighted by atomic mass is 32.2. The van der Waals surface area contributed by atoms with Gasteiger partial charge in [-0.05, 0) is 86.6 Å². The summed E-state index contributed by atoms with van der Waals surface area (Å²) in [4.78, 5) is 15.0. The molecule has 1 saturated heterocycles. The predicted molar refractivity (Wildman–Crippen MR) is 126 cm³/mol. The Balaban J connectivity index is 1.40. The van der Waals surface area contributed by atoms with Gasteiger partial charge in [-0.25, -0.2) is 8.42 Å². The number of amides is 1. The lowest BCUT2D eigenvalue weighted by Gasteiger charge is -2.35. The molecule has 7 nitrogen and oxygen atoms in total. The maximum absolute atomic E-state index is 13.5. The van der Waals surface area contributed by atoms with Crippen LogP contribution in [-0.4, -0.2) is 56.5 Å². The maximum atomic E-state index is 13.5. The normalized spacial score (nSPS) is 16.3. The molecule has 2 heterocycles.